The van der Waals surface area contributed by atoms with E-state index in [-0.39, 0.29) is 18.0 Å². The minimum Gasteiger partial charge on any atom is -0.474 e. The lowest BCUT2D eigenvalue weighted by molar-refractivity contribution is -0.00714. The Hall–Kier alpha value is -2.96. The van der Waals surface area contributed by atoms with Crippen LogP contribution in [0.25, 0.3) is 0 Å². The zero-order valence-electron chi connectivity index (χ0n) is 14.7. The number of nitrogens with one attached hydrogen (secondary N) is 2. The van der Waals surface area contributed by atoms with E-state index in [1.807, 2.05) is 13.8 Å². The highest BCUT2D eigenvalue weighted by Crippen LogP contribution is 2.28. The molecular formula is C19H20N4O3. The number of nitrogens with zero attached hydrogens (tertiary/aromatic N) is 2. The lowest BCUT2D eigenvalue weighted by atomic mass is 9.95. The van der Waals surface area contributed by atoms with Crippen molar-refractivity contribution in [2.75, 3.05) is 5.32 Å². The Morgan fingerprint density at radius 3 is 2.73 bits per heavy atom. The number of aromatic nitrogens is 2. The zero-order chi connectivity index (χ0) is 18.3. The van der Waals surface area contributed by atoms with Crippen LogP contribution in [-0.4, -0.2) is 33.5 Å². The number of pyridine rings is 2. The summed E-state index contributed by atoms with van der Waals surface area (Å²) >= 11 is 0. The molecule has 1 fully saturated rings. The van der Waals surface area contributed by atoms with E-state index in [9.17, 15) is 4.79 Å². The molecule has 0 saturated heterocycles. The highest BCUT2D eigenvalue weighted by Gasteiger charge is 2.33. The fraction of sp³-hybridized carbons (Fsp3) is 0.368. The molecule has 0 amide bonds. The van der Waals surface area contributed by atoms with Crippen LogP contribution in [0.4, 0.5) is 11.6 Å². The smallest absolute Gasteiger partial charge is 0.340 e. The number of fused-ring (bicyclic) bond motifs is 1. The number of carbonyl (C=O) groups excluding carboxylic acids is 1. The monoisotopic (exact) mass is 352 g/mol. The van der Waals surface area contributed by atoms with Gasteiger partial charge in [-0.15, -0.1) is 0 Å². The summed E-state index contributed by atoms with van der Waals surface area (Å²) in [7, 11) is 0. The molecule has 7 heteroatoms. The van der Waals surface area contributed by atoms with Crippen molar-refractivity contribution in [3.63, 3.8) is 0 Å². The number of ether oxygens (including phenoxy) is 2. The molecule has 0 atom stereocenters. The van der Waals surface area contributed by atoms with E-state index >= 15 is 0 Å². The van der Waals surface area contributed by atoms with E-state index in [1.165, 1.54) is 0 Å². The molecule has 0 radical (unpaired) electrons. The van der Waals surface area contributed by atoms with Gasteiger partial charge >= 0.3 is 5.97 Å². The molecule has 2 aromatic rings. The van der Waals surface area contributed by atoms with Crippen LogP contribution in [0.15, 0.2) is 30.5 Å². The Morgan fingerprint density at radius 2 is 2.04 bits per heavy atom. The number of esters is 1. The van der Waals surface area contributed by atoms with E-state index in [0.717, 1.165) is 12.8 Å². The fourth-order valence-corrected chi connectivity index (χ4v) is 2.79. The molecule has 7 nitrogen and oxygen atoms in total. The molecule has 2 aliphatic rings. The van der Waals surface area contributed by atoms with Crippen LogP contribution in [0.5, 0.6) is 0 Å². The van der Waals surface area contributed by atoms with Gasteiger partial charge in [0.1, 0.15) is 23.3 Å². The Kier molecular flexibility index (Phi) is 3.86. The summed E-state index contributed by atoms with van der Waals surface area (Å²) in [6.07, 6.45) is 4.39. The van der Waals surface area contributed by atoms with Gasteiger partial charge in [-0.1, -0.05) is 0 Å². The lowest BCUT2D eigenvalue weighted by Gasteiger charge is -2.30. The molecule has 134 valence electrons. The van der Waals surface area contributed by atoms with Gasteiger partial charge in [-0.05, 0) is 51.0 Å². The van der Waals surface area contributed by atoms with Crippen LogP contribution < -0.4 is 5.32 Å². The first-order valence-electron chi connectivity index (χ1n) is 8.61. The third-order valence-electron chi connectivity index (χ3n) is 4.25. The number of hydrogen-bond acceptors (Lipinski definition) is 7. The van der Waals surface area contributed by atoms with Gasteiger partial charge in [0.05, 0.1) is 16.8 Å². The summed E-state index contributed by atoms with van der Waals surface area (Å²) < 4.78 is 10.8. The van der Waals surface area contributed by atoms with Crippen LogP contribution in [-0.2, 0) is 15.9 Å². The number of anilines is 2. The van der Waals surface area contributed by atoms with Crippen molar-refractivity contribution in [1.29, 1.82) is 5.41 Å². The third-order valence-corrected chi connectivity index (χ3v) is 4.25. The maximum Gasteiger partial charge on any atom is 0.340 e. The molecule has 1 aliphatic carbocycles. The molecule has 4 rings (SSSR count). The molecule has 1 saturated carbocycles. The predicted molar refractivity (Wildman–Crippen MR) is 95.9 cm³/mol. The molecule has 2 aromatic heterocycles. The Morgan fingerprint density at radius 1 is 1.27 bits per heavy atom. The topological polar surface area (TPSA) is 97.2 Å². The van der Waals surface area contributed by atoms with Crippen LogP contribution in [0, 0.1) is 5.41 Å². The highest BCUT2D eigenvalue weighted by molar-refractivity contribution is 5.92. The zero-order valence-corrected chi connectivity index (χ0v) is 14.7. The highest BCUT2D eigenvalue weighted by atomic mass is 16.6. The second kappa shape index (κ2) is 6.09. The third kappa shape index (κ3) is 3.51. The van der Waals surface area contributed by atoms with E-state index in [4.69, 9.17) is 14.9 Å². The Bertz CT molecular complexity index is 873. The van der Waals surface area contributed by atoms with Crippen molar-refractivity contribution >= 4 is 23.5 Å². The average Bonchev–Trinajstić information content (AvgIpc) is 3.38. The summed E-state index contributed by atoms with van der Waals surface area (Å²) in [5.41, 5.74) is 1.30. The SMILES string of the molecule is CC1(C)Cc2nc(Nc3ccc(C(=N)OC4CC4)cn3)ccc2C(=O)O1. The first kappa shape index (κ1) is 16.5. The summed E-state index contributed by atoms with van der Waals surface area (Å²) in [4.78, 5) is 20.9. The van der Waals surface area contributed by atoms with E-state index < -0.39 is 5.60 Å². The first-order chi connectivity index (χ1) is 12.4. The quantitative estimate of drug-likeness (QED) is 0.498. The predicted octanol–water partition coefficient (Wildman–Crippen LogP) is 3.22. The fourth-order valence-electron chi connectivity index (χ4n) is 2.79. The Labute approximate surface area is 151 Å². The van der Waals surface area contributed by atoms with Gasteiger partial charge in [0.2, 0.25) is 5.90 Å². The molecule has 3 heterocycles. The van der Waals surface area contributed by atoms with Crippen LogP contribution in [0.1, 0.15) is 48.3 Å². The molecule has 0 unspecified atom stereocenters. The van der Waals surface area contributed by atoms with Crippen molar-refractivity contribution in [2.24, 2.45) is 0 Å². The molecule has 0 spiro atoms. The minimum absolute atomic E-state index is 0.152. The molecule has 0 aromatic carbocycles. The van der Waals surface area contributed by atoms with E-state index in [2.05, 4.69) is 15.3 Å². The molecule has 0 bridgehead atoms. The second-order valence-corrected chi connectivity index (χ2v) is 7.22. The standard InChI is InChI=1S/C19H20N4O3/c1-19(2)9-14-13(18(24)26-19)6-8-16(22-14)23-15-7-3-11(10-21-15)17(20)25-12-4-5-12/h3,6-8,10,12,20H,4-5,9H2,1-2H3,(H,21,22,23). The molecular weight excluding hydrogens is 332 g/mol. The minimum atomic E-state index is -0.558. The summed E-state index contributed by atoms with van der Waals surface area (Å²) in [6, 6.07) is 7.01. The van der Waals surface area contributed by atoms with E-state index in [0.29, 0.717) is 34.9 Å². The maximum atomic E-state index is 12.0. The van der Waals surface area contributed by atoms with Gasteiger partial charge < -0.3 is 14.8 Å². The largest absolute Gasteiger partial charge is 0.474 e. The number of rotatable bonds is 4. The molecule has 1 aliphatic heterocycles. The normalized spacial score (nSPS) is 17.8. The summed E-state index contributed by atoms with van der Waals surface area (Å²) in [5.74, 6) is 1.03. The number of hydrogen-bond donors (Lipinski definition) is 2. The van der Waals surface area contributed by atoms with Crippen molar-refractivity contribution in [1.82, 2.24) is 9.97 Å². The van der Waals surface area contributed by atoms with Gasteiger partial charge in [-0.25, -0.2) is 14.8 Å². The number of carbonyl (C=O) groups is 1. The van der Waals surface area contributed by atoms with Crippen LogP contribution in [0.3, 0.4) is 0 Å². The van der Waals surface area contributed by atoms with Crippen molar-refractivity contribution < 1.29 is 14.3 Å². The first-order valence-corrected chi connectivity index (χ1v) is 8.61. The van der Waals surface area contributed by atoms with Gasteiger partial charge in [-0.2, -0.15) is 0 Å². The molecule has 2 N–H and O–H groups in total. The lowest BCUT2D eigenvalue weighted by Crippen LogP contribution is -2.36. The summed E-state index contributed by atoms with van der Waals surface area (Å²) in [6.45, 7) is 3.74. The van der Waals surface area contributed by atoms with Gasteiger partial charge in [-0.3, -0.25) is 5.41 Å². The van der Waals surface area contributed by atoms with Crippen molar-refractivity contribution in [2.45, 2.75) is 44.8 Å². The van der Waals surface area contributed by atoms with Crippen LogP contribution >= 0.6 is 0 Å². The van der Waals surface area contributed by atoms with Gasteiger partial charge in [0, 0.05) is 12.6 Å². The maximum absolute atomic E-state index is 12.0. The Balaban J connectivity index is 1.49. The van der Waals surface area contributed by atoms with Crippen LogP contribution in [0.2, 0.25) is 0 Å². The van der Waals surface area contributed by atoms with E-state index in [1.54, 1.807) is 30.5 Å². The van der Waals surface area contributed by atoms with Crippen molar-refractivity contribution in [3.8, 4) is 0 Å². The second-order valence-electron chi connectivity index (χ2n) is 7.22. The van der Waals surface area contributed by atoms with Crippen molar-refractivity contribution in [3.05, 3.63) is 47.3 Å². The van der Waals surface area contributed by atoms with Gasteiger partial charge in [0.25, 0.3) is 0 Å². The average molecular weight is 352 g/mol. The number of cyclic esters (lactones) is 1. The summed E-state index contributed by atoms with van der Waals surface area (Å²) in [5, 5.41) is 11.0. The van der Waals surface area contributed by atoms with Gasteiger partial charge in [0.15, 0.2) is 0 Å². The molecule has 26 heavy (non-hydrogen) atoms.